The van der Waals surface area contributed by atoms with Crippen LogP contribution in [0.4, 0.5) is 0 Å². The SMILES string of the molecule is CC(=O)Cc1ccccc1C.CCCCCOC. The van der Waals surface area contributed by atoms with E-state index >= 15 is 0 Å². The molecule has 0 N–H and O–H groups in total. The molecule has 0 aliphatic heterocycles. The highest BCUT2D eigenvalue weighted by atomic mass is 16.5. The van der Waals surface area contributed by atoms with Crippen LogP contribution in [-0.2, 0) is 16.0 Å². The number of Topliss-reactive ketones (excluding diaryl/α,β-unsaturated/α-hetero) is 1. The van der Waals surface area contributed by atoms with Gasteiger partial charge in [0, 0.05) is 20.1 Å². The van der Waals surface area contributed by atoms with Crippen molar-refractivity contribution in [3.63, 3.8) is 0 Å². The number of ether oxygens (including phenoxy) is 1. The summed E-state index contributed by atoms with van der Waals surface area (Å²) in [6.07, 6.45) is 4.36. The third-order valence-electron chi connectivity index (χ3n) is 2.65. The quantitative estimate of drug-likeness (QED) is 0.715. The Kier molecular flexibility index (Phi) is 10.3. The van der Waals surface area contributed by atoms with Crippen LogP contribution in [-0.4, -0.2) is 19.5 Å². The lowest BCUT2D eigenvalue weighted by Crippen LogP contribution is -1.97. The summed E-state index contributed by atoms with van der Waals surface area (Å²) in [5.74, 6) is 0.222. The summed E-state index contributed by atoms with van der Waals surface area (Å²) in [4.78, 5) is 10.8. The first kappa shape index (κ1) is 16.9. The minimum Gasteiger partial charge on any atom is -0.385 e. The van der Waals surface area contributed by atoms with Crippen molar-refractivity contribution in [3.8, 4) is 0 Å². The highest BCUT2D eigenvalue weighted by Crippen LogP contribution is 2.07. The largest absolute Gasteiger partial charge is 0.385 e. The van der Waals surface area contributed by atoms with Gasteiger partial charge in [0.05, 0.1) is 0 Å². The summed E-state index contributed by atoms with van der Waals surface area (Å²) in [7, 11) is 1.75. The monoisotopic (exact) mass is 250 g/mol. The average molecular weight is 250 g/mol. The average Bonchev–Trinajstić information content (AvgIpc) is 2.33. The lowest BCUT2D eigenvalue weighted by Gasteiger charge is -2.00. The first-order valence-corrected chi connectivity index (χ1v) is 6.64. The van der Waals surface area contributed by atoms with Gasteiger partial charge in [-0.15, -0.1) is 0 Å². The van der Waals surface area contributed by atoms with Crippen molar-refractivity contribution >= 4 is 5.78 Å². The molecule has 1 aromatic rings. The predicted octanol–water partition coefficient (Wildman–Crippen LogP) is 3.95. The first-order valence-electron chi connectivity index (χ1n) is 6.64. The van der Waals surface area contributed by atoms with Gasteiger partial charge >= 0.3 is 0 Å². The summed E-state index contributed by atoms with van der Waals surface area (Å²) in [5, 5.41) is 0. The van der Waals surface area contributed by atoms with Gasteiger partial charge in [-0.2, -0.15) is 0 Å². The van der Waals surface area contributed by atoms with Gasteiger partial charge in [-0.1, -0.05) is 44.0 Å². The Bertz CT molecular complexity index is 328. The lowest BCUT2D eigenvalue weighted by molar-refractivity contribution is -0.116. The summed E-state index contributed by atoms with van der Waals surface area (Å²) >= 11 is 0. The second-order valence-corrected chi connectivity index (χ2v) is 4.51. The fraction of sp³-hybridized carbons (Fsp3) is 0.562. The third-order valence-corrected chi connectivity index (χ3v) is 2.65. The Balaban J connectivity index is 0.000000360. The number of rotatable bonds is 6. The summed E-state index contributed by atoms with van der Waals surface area (Å²) in [5.41, 5.74) is 2.34. The van der Waals surface area contributed by atoms with Gasteiger partial charge in [-0.3, -0.25) is 4.79 Å². The van der Waals surface area contributed by atoms with Crippen molar-refractivity contribution < 1.29 is 9.53 Å². The van der Waals surface area contributed by atoms with Crippen LogP contribution in [0.15, 0.2) is 24.3 Å². The first-order chi connectivity index (χ1) is 8.61. The number of benzene rings is 1. The van der Waals surface area contributed by atoms with E-state index in [2.05, 4.69) is 6.92 Å². The number of hydrogen-bond donors (Lipinski definition) is 0. The topological polar surface area (TPSA) is 26.3 Å². The molecule has 0 atom stereocenters. The summed E-state index contributed by atoms with van der Waals surface area (Å²) < 4.78 is 4.84. The van der Waals surface area contributed by atoms with Crippen molar-refractivity contribution in [1.82, 2.24) is 0 Å². The van der Waals surface area contributed by atoms with E-state index in [9.17, 15) is 4.79 Å². The van der Waals surface area contributed by atoms with Crippen LogP contribution in [0.1, 0.15) is 44.2 Å². The van der Waals surface area contributed by atoms with Crippen LogP contribution in [0.25, 0.3) is 0 Å². The Morgan fingerprint density at radius 1 is 1.22 bits per heavy atom. The van der Waals surface area contributed by atoms with E-state index in [1.807, 2.05) is 31.2 Å². The number of unbranched alkanes of at least 4 members (excludes halogenated alkanes) is 2. The van der Waals surface area contributed by atoms with Crippen LogP contribution in [0.2, 0.25) is 0 Å². The molecule has 0 aliphatic rings. The van der Waals surface area contributed by atoms with Crippen LogP contribution in [0.5, 0.6) is 0 Å². The number of methoxy groups -OCH3 is 1. The van der Waals surface area contributed by atoms with Crippen molar-refractivity contribution in [2.45, 2.75) is 46.5 Å². The lowest BCUT2D eigenvalue weighted by atomic mass is 10.0. The maximum Gasteiger partial charge on any atom is 0.134 e. The van der Waals surface area contributed by atoms with Crippen molar-refractivity contribution in [1.29, 1.82) is 0 Å². The van der Waals surface area contributed by atoms with Crippen molar-refractivity contribution in [2.75, 3.05) is 13.7 Å². The fourth-order valence-corrected chi connectivity index (χ4v) is 1.57. The molecule has 0 bridgehead atoms. The van der Waals surface area contributed by atoms with Crippen LogP contribution in [0.3, 0.4) is 0 Å². The highest BCUT2D eigenvalue weighted by Gasteiger charge is 1.98. The Hall–Kier alpha value is -1.15. The minimum absolute atomic E-state index is 0.222. The molecule has 0 saturated heterocycles. The van der Waals surface area contributed by atoms with Gasteiger partial charge in [0.25, 0.3) is 0 Å². The summed E-state index contributed by atoms with van der Waals surface area (Å²) in [6, 6.07) is 7.97. The number of ketones is 1. The molecule has 0 heterocycles. The molecule has 0 radical (unpaired) electrons. The standard InChI is InChI=1S/C10H12O.C6H14O/c1-8-5-3-4-6-10(8)7-9(2)11;1-3-4-5-6-7-2/h3-6H,7H2,1-2H3;3-6H2,1-2H3. The molecule has 0 spiro atoms. The second-order valence-electron chi connectivity index (χ2n) is 4.51. The molecule has 102 valence electrons. The molecule has 1 rings (SSSR count). The van der Waals surface area contributed by atoms with E-state index in [-0.39, 0.29) is 5.78 Å². The maximum absolute atomic E-state index is 10.8. The molecule has 0 aromatic heterocycles. The van der Waals surface area contributed by atoms with Gasteiger partial charge in [-0.05, 0) is 31.4 Å². The predicted molar refractivity (Wildman–Crippen MR) is 77.0 cm³/mol. The molecule has 18 heavy (non-hydrogen) atoms. The zero-order valence-corrected chi connectivity index (χ0v) is 12.2. The van der Waals surface area contributed by atoms with E-state index in [1.165, 1.54) is 24.8 Å². The van der Waals surface area contributed by atoms with Crippen LogP contribution in [0, 0.1) is 6.92 Å². The van der Waals surface area contributed by atoms with Gasteiger partial charge < -0.3 is 4.74 Å². The summed E-state index contributed by atoms with van der Waals surface area (Å²) in [6.45, 7) is 6.76. The molecular weight excluding hydrogens is 224 g/mol. The number of carbonyl (C=O) groups excluding carboxylic acids is 1. The minimum atomic E-state index is 0.222. The zero-order chi connectivity index (χ0) is 13.8. The molecule has 0 unspecified atom stereocenters. The van der Waals surface area contributed by atoms with Gasteiger partial charge in [0.2, 0.25) is 0 Å². The fourth-order valence-electron chi connectivity index (χ4n) is 1.57. The molecule has 0 amide bonds. The Morgan fingerprint density at radius 3 is 2.39 bits per heavy atom. The molecule has 1 aromatic carbocycles. The molecule has 0 fully saturated rings. The Morgan fingerprint density at radius 2 is 1.89 bits per heavy atom. The second kappa shape index (κ2) is 11.0. The molecule has 0 aliphatic carbocycles. The highest BCUT2D eigenvalue weighted by molar-refractivity contribution is 5.78. The number of carbonyl (C=O) groups is 1. The van der Waals surface area contributed by atoms with Crippen LogP contribution >= 0.6 is 0 Å². The van der Waals surface area contributed by atoms with Crippen LogP contribution < -0.4 is 0 Å². The maximum atomic E-state index is 10.8. The Labute approximate surface area is 111 Å². The smallest absolute Gasteiger partial charge is 0.134 e. The van der Waals surface area contributed by atoms with Crippen molar-refractivity contribution in [2.24, 2.45) is 0 Å². The van der Waals surface area contributed by atoms with E-state index in [0.29, 0.717) is 6.42 Å². The van der Waals surface area contributed by atoms with Gasteiger partial charge in [0.1, 0.15) is 5.78 Å². The molecule has 0 saturated carbocycles. The normalized spacial score (nSPS) is 9.56. The molecular formula is C16H26O2. The number of hydrogen-bond acceptors (Lipinski definition) is 2. The van der Waals surface area contributed by atoms with Gasteiger partial charge in [-0.25, -0.2) is 0 Å². The van der Waals surface area contributed by atoms with E-state index in [1.54, 1.807) is 14.0 Å². The van der Waals surface area contributed by atoms with E-state index in [0.717, 1.165) is 12.2 Å². The van der Waals surface area contributed by atoms with Crippen molar-refractivity contribution in [3.05, 3.63) is 35.4 Å². The number of aryl methyl sites for hydroxylation is 1. The molecule has 2 nitrogen and oxygen atoms in total. The third kappa shape index (κ3) is 8.94. The van der Waals surface area contributed by atoms with E-state index < -0.39 is 0 Å². The van der Waals surface area contributed by atoms with Gasteiger partial charge in [0.15, 0.2) is 0 Å². The molecule has 2 heteroatoms. The zero-order valence-electron chi connectivity index (χ0n) is 12.2. The van der Waals surface area contributed by atoms with E-state index in [4.69, 9.17) is 4.74 Å².